The van der Waals surface area contributed by atoms with Crippen molar-refractivity contribution in [3.05, 3.63) is 29.8 Å². The lowest BCUT2D eigenvalue weighted by Crippen LogP contribution is -2.27. The summed E-state index contributed by atoms with van der Waals surface area (Å²) in [4.78, 5) is 11.4. The van der Waals surface area contributed by atoms with Crippen LogP contribution in [0, 0.1) is 0 Å². The zero-order valence-electron chi connectivity index (χ0n) is 10.5. The highest BCUT2D eigenvalue weighted by Crippen LogP contribution is 2.30. The number of methoxy groups -OCH3 is 2. The molecule has 0 amide bonds. The van der Waals surface area contributed by atoms with Crippen LogP contribution in [0.1, 0.15) is 24.8 Å². The minimum atomic E-state index is -0.266. The smallest absolute Gasteiger partial charge is 0.306 e. The lowest BCUT2D eigenvalue weighted by atomic mass is 9.89. The molecule has 2 N–H and O–H groups in total. The van der Waals surface area contributed by atoms with Crippen molar-refractivity contribution < 1.29 is 14.3 Å². The van der Waals surface area contributed by atoms with Gasteiger partial charge < -0.3 is 15.2 Å². The van der Waals surface area contributed by atoms with Crippen molar-refractivity contribution in [2.75, 3.05) is 14.2 Å². The fourth-order valence-electron chi connectivity index (χ4n) is 1.81. The van der Waals surface area contributed by atoms with E-state index in [2.05, 4.69) is 0 Å². The first-order valence-electron chi connectivity index (χ1n) is 5.55. The molecule has 2 unspecified atom stereocenters. The molecule has 1 aromatic carbocycles. The normalized spacial score (nSPS) is 13.9. The monoisotopic (exact) mass is 237 g/mol. The van der Waals surface area contributed by atoms with Crippen LogP contribution in [0.25, 0.3) is 0 Å². The average molecular weight is 237 g/mol. The van der Waals surface area contributed by atoms with Gasteiger partial charge in [0.15, 0.2) is 0 Å². The molecular formula is C13H19NO3. The molecule has 0 fully saturated rings. The second-order valence-corrected chi connectivity index (χ2v) is 3.99. The van der Waals surface area contributed by atoms with Gasteiger partial charge in [0.2, 0.25) is 0 Å². The molecule has 1 rings (SSSR count). The van der Waals surface area contributed by atoms with Crippen molar-refractivity contribution in [2.45, 2.75) is 25.3 Å². The van der Waals surface area contributed by atoms with Crippen LogP contribution in [0.15, 0.2) is 24.3 Å². The molecule has 0 aromatic heterocycles. The Morgan fingerprint density at radius 1 is 1.35 bits per heavy atom. The SMILES string of the molecule is COC(=O)CC(c1ccccc1OC)C(C)N. The molecule has 0 bridgehead atoms. The number of hydrogen-bond acceptors (Lipinski definition) is 4. The fraction of sp³-hybridized carbons (Fsp3) is 0.462. The van der Waals surface area contributed by atoms with E-state index in [4.69, 9.17) is 15.2 Å². The Labute approximate surface area is 102 Å². The number of carbonyl (C=O) groups excluding carboxylic acids is 1. The molecule has 0 saturated carbocycles. The van der Waals surface area contributed by atoms with Crippen molar-refractivity contribution in [3.8, 4) is 5.75 Å². The van der Waals surface area contributed by atoms with Gasteiger partial charge in [-0.1, -0.05) is 18.2 Å². The summed E-state index contributed by atoms with van der Waals surface area (Å²) in [5.41, 5.74) is 6.87. The van der Waals surface area contributed by atoms with E-state index in [-0.39, 0.29) is 24.3 Å². The van der Waals surface area contributed by atoms with Crippen LogP contribution in [0.2, 0.25) is 0 Å². The molecular weight excluding hydrogens is 218 g/mol. The van der Waals surface area contributed by atoms with E-state index in [9.17, 15) is 4.79 Å². The third-order valence-electron chi connectivity index (χ3n) is 2.79. The Kier molecular flexibility index (Phi) is 4.97. The number of esters is 1. The van der Waals surface area contributed by atoms with E-state index < -0.39 is 0 Å². The van der Waals surface area contributed by atoms with E-state index in [1.54, 1.807) is 7.11 Å². The predicted octanol–water partition coefficient (Wildman–Crippen LogP) is 1.69. The Bertz CT molecular complexity index is 377. The Morgan fingerprint density at radius 3 is 2.53 bits per heavy atom. The maximum Gasteiger partial charge on any atom is 0.306 e. The van der Waals surface area contributed by atoms with E-state index in [0.717, 1.165) is 11.3 Å². The van der Waals surface area contributed by atoms with Gasteiger partial charge in [-0.15, -0.1) is 0 Å². The summed E-state index contributed by atoms with van der Waals surface area (Å²) in [7, 11) is 2.98. The Balaban J connectivity index is 3.01. The van der Waals surface area contributed by atoms with Gasteiger partial charge in [0.25, 0.3) is 0 Å². The third-order valence-corrected chi connectivity index (χ3v) is 2.79. The van der Waals surface area contributed by atoms with Crippen molar-refractivity contribution in [1.29, 1.82) is 0 Å². The molecule has 0 aliphatic heterocycles. The summed E-state index contributed by atoms with van der Waals surface area (Å²) >= 11 is 0. The van der Waals surface area contributed by atoms with Crippen molar-refractivity contribution in [1.82, 2.24) is 0 Å². The number of benzene rings is 1. The van der Waals surface area contributed by atoms with Crippen LogP contribution in [0.3, 0.4) is 0 Å². The summed E-state index contributed by atoms with van der Waals surface area (Å²) in [5, 5.41) is 0. The van der Waals surface area contributed by atoms with Gasteiger partial charge in [0.1, 0.15) is 5.75 Å². The lowest BCUT2D eigenvalue weighted by molar-refractivity contribution is -0.141. The minimum absolute atomic E-state index is 0.0985. The summed E-state index contributed by atoms with van der Waals surface area (Å²) in [6, 6.07) is 7.44. The molecule has 0 spiro atoms. The van der Waals surface area contributed by atoms with Gasteiger partial charge in [-0.25, -0.2) is 0 Å². The third kappa shape index (κ3) is 3.46. The molecule has 4 heteroatoms. The number of hydrogen-bond donors (Lipinski definition) is 1. The van der Waals surface area contributed by atoms with Crippen LogP contribution < -0.4 is 10.5 Å². The van der Waals surface area contributed by atoms with Gasteiger partial charge in [-0.05, 0) is 18.6 Å². The zero-order valence-corrected chi connectivity index (χ0v) is 10.5. The molecule has 2 atom stereocenters. The van der Waals surface area contributed by atoms with Crippen LogP contribution >= 0.6 is 0 Å². The van der Waals surface area contributed by atoms with Gasteiger partial charge in [-0.3, -0.25) is 4.79 Å². The molecule has 94 valence electrons. The van der Waals surface area contributed by atoms with Crippen LogP contribution in [0.5, 0.6) is 5.75 Å². The highest BCUT2D eigenvalue weighted by atomic mass is 16.5. The van der Waals surface area contributed by atoms with Crippen LogP contribution in [-0.2, 0) is 9.53 Å². The molecule has 1 aromatic rings. The van der Waals surface area contributed by atoms with Crippen LogP contribution in [-0.4, -0.2) is 26.2 Å². The first kappa shape index (κ1) is 13.5. The van der Waals surface area contributed by atoms with E-state index in [1.807, 2.05) is 31.2 Å². The highest BCUT2D eigenvalue weighted by molar-refractivity contribution is 5.70. The first-order valence-corrected chi connectivity index (χ1v) is 5.55. The first-order chi connectivity index (χ1) is 8.10. The summed E-state index contributed by atoms with van der Waals surface area (Å²) < 4.78 is 9.97. The average Bonchev–Trinajstić information content (AvgIpc) is 2.35. The van der Waals surface area contributed by atoms with E-state index in [0.29, 0.717) is 0 Å². The largest absolute Gasteiger partial charge is 0.496 e. The van der Waals surface area contributed by atoms with Gasteiger partial charge >= 0.3 is 5.97 Å². The number of para-hydroxylation sites is 1. The summed E-state index contributed by atoms with van der Waals surface area (Å²) in [6.45, 7) is 1.88. The zero-order chi connectivity index (χ0) is 12.8. The van der Waals surface area contributed by atoms with E-state index >= 15 is 0 Å². The molecule has 0 radical (unpaired) electrons. The second-order valence-electron chi connectivity index (χ2n) is 3.99. The number of nitrogens with two attached hydrogens (primary N) is 1. The highest BCUT2D eigenvalue weighted by Gasteiger charge is 2.23. The maximum absolute atomic E-state index is 11.4. The lowest BCUT2D eigenvalue weighted by Gasteiger charge is -2.22. The van der Waals surface area contributed by atoms with Crippen molar-refractivity contribution >= 4 is 5.97 Å². The van der Waals surface area contributed by atoms with Gasteiger partial charge in [0.05, 0.1) is 20.6 Å². The van der Waals surface area contributed by atoms with Crippen molar-refractivity contribution in [3.63, 3.8) is 0 Å². The standard InChI is InChI=1S/C13H19NO3/c1-9(14)11(8-13(15)17-3)10-6-4-5-7-12(10)16-2/h4-7,9,11H,8,14H2,1-3H3. The second kappa shape index (κ2) is 6.25. The minimum Gasteiger partial charge on any atom is -0.496 e. The fourth-order valence-corrected chi connectivity index (χ4v) is 1.81. The van der Waals surface area contributed by atoms with Gasteiger partial charge in [0, 0.05) is 12.0 Å². The van der Waals surface area contributed by atoms with E-state index in [1.165, 1.54) is 7.11 Å². The molecule has 0 aliphatic carbocycles. The molecule has 0 saturated heterocycles. The number of carbonyl (C=O) groups is 1. The predicted molar refractivity (Wildman–Crippen MR) is 66.0 cm³/mol. The molecule has 17 heavy (non-hydrogen) atoms. The number of rotatable bonds is 5. The summed E-state index contributed by atoms with van der Waals surface area (Å²) in [5.74, 6) is 0.385. The molecule has 0 heterocycles. The topological polar surface area (TPSA) is 61.5 Å². The Morgan fingerprint density at radius 2 is 2.00 bits per heavy atom. The number of ether oxygens (including phenoxy) is 2. The quantitative estimate of drug-likeness (QED) is 0.792. The van der Waals surface area contributed by atoms with Gasteiger partial charge in [-0.2, -0.15) is 0 Å². The maximum atomic E-state index is 11.4. The summed E-state index contributed by atoms with van der Waals surface area (Å²) in [6.07, 6.45) is 0.258. The van der Waals surface area contributed by atoms with Crippen LogP contribution in [0.4, 0.5) is 0 Å². The molecule has 0 aliphatic rings. The van der Waals surface area contributed by atoms with Crippen molar-refractivity contribution in [2.24, 2.45) is 5.73 Å². The molecule has 4 nitrogen and oxygen atoms in total. The Hall–Kier alpha value is -1.55.